The number of halogens is 2. The third kappa shape index (κ3) is 5.13. The predicted molar refractivity (Wildman–Crippen MR) is 108 cm³/mol. The van der Waals surface area contributed by atoms with Crippen molar-refractivity contribution < 1.29 is 19.4 Å². The van der Waals surface area contributed by atoms with E-state index in [4.69, 9.17) is 32.7 Å². The number of aryl methyl sites for hydroxylation is 1. The molecule has 3 aromatic rings. The van der Waals surface area contributed by atoms with E-state index in [-0.39, 0.29) is 16.8 Å². The van der Waals surface area contributed by atoms with Crippen LogP contribution in [0.3, 0.4) is 0 Å². The van der Waals surface area contributed by atoms with Crippen molar-refractivity contribution in [3.05, 3.63) is 63.5 Å². The van der Waals surface area contributed by atoms with Crippen LogP contribution < -0.4 is 5.32 Å². The molecule has 7 nitrogen and oxygen atoms in total. The minimum atomic E-state index is -1.25. The molecule has 0 unspecified atom stereocenters. The molecule has 0 aliphatic rings. The first-order valence-corrected chi connectivity index (χ1v) is 9.14. The molecule has 0 aliphatic heterocycles. The standard InChI is InChI=1S/C20H15Cl2N3O4/c1-11-2-6-14(9-15(11)21)23-18(28)7-5-12-3-4-13(8-16(12)22)19-24-25-20(29-19)17(27)10-26/h2-4,6,8-9,17,26-27H,10H2,1H3,(H,23,28)/t17-/m0/s1. The number of nitrogens with one attached hydrogen (secondary N) is 1. The summed E-state index contributed by atoms with van der Waals surface area (Å²) in [6.07, 6.45) is -1.25. The van der Waals surface area contributed by atoms with Gasteiger partial charge in [0.2, 0.25) is 11.8 Å². The Labute approximate surface area is 176 Å². The Hall–Kier alpha value is -2.89. The van der Waals surface area contributed by atoms with Crippen LogP contribution in [0.25, 0.3) is 11.5 Å². The van der Waals surface area contributed by atoms with Crippen molar-refractivity contribution in [2.75, 3.05) is 11.9 Å². The number of carbonyl (C=O) groups is 1. The Morgan fingerprint density at radius 3 is 2.69 bits per heavy atom. The molecule has 3 N–H and O–H groups in total. The zero-order valence-corrected chi connectivity index (χ0v) is 16.6. The number of rotatable bonds is 4. The lowest BCUT2D eigenvalue weighted by atomic mass is 10.1. The number of hydrogen-bond donors (Lipinski definition) is 3. The van der Waals surface area contributed by atoms with E-state index >= 15 is 0 Å². The zero-order chi connectivity index (χ0) is 21.0. The monoisotopic (exact) mass is 431 g/mol. The molecule has 1 atom stereocenters. The SMILES string of the molecule is Cc1ccc(NC(=O)C#Cc2ccc(-c3nnc([C@@H](O)CO)o3)cc2Cl)cc1Cl. The van der Waals surface area contributed by atoms with Gasteiger partial charge in [0.25, 0.3) is 0 Å². The van der Waals surface area contributed by atoms with Gasteiger partial charge in [-0.25, -0.2) is 0 Å². The first-order chi connectivity index (χ1) is 13.9. The molecule has 9 heteroatoms. The summed E-state index contributed by atoms with van der Waals surface area (Å²) < 4.78 is 5.30. The average Bonchev–Trinajstić information content (AvgIpc) is 3.19. The summed E-state index contributed by atoms with van der Waals surface area (Å²) in [5.41, 5.74) is 2.38. The number of amides is 1. The summed E-state index contributed by atoms with van der Waals surface area (Å²) in [5, 5.41) is 29.4. The molecule has 0 fully saturated rings. The van der Waals surface area contributed by atoms with Crippen LogP contribution in [0.1, 0.15) is 23.1 Å². The highest BCUT2D eigenvalue weighted by molar-refractivity contribution is 6.32. The smallest absolute Gasteiger partial charge is 0.300 e. The van der Waals surface area contributed by atoms with Crippen LogP contribution in [0.2, 0.25) is 10.0 Å². The molecule has 2 aromatic carbocycles. The van der Waals surface area contributed by atoms with Crippen LogP contribution in [-0.2, 0) is 4.79 Å². The fourth-order valence-corrected chi connectivity index (χ4v) is 2.68. The van der Waals surface area contributed by atoms with Gasteiger partial charge in [0.15, 0.2) is 6.10 Å². The number of benzene rings is 2. The molecule has 0 bridgehead atoms. The molecule has 0 spiro atoms. The summed E-state index contributed by atoms with van der Waals surface area (Å²) in [6, 6.07) is 9.96. The number of anilines is 1. The number of carbonyl (C=O) groups excluding carboxylic acids is 1. The summed E-state index contributed by atoms with van der Waals surface area (Å²) in [5.74, 6) is 4.69. The van der Waals surface area contributed by atoms with Crippen molar-refractivity contribution in [3.63, 3.8) is 0 Å². The number of aliphatic hydroxyl groups excluding tert-OH is 2. The minimum absolute atomic E-state index is 0.102. The van der Waals surface area contributed by atoms with E-state index < -0.39 is 18.6 Å². The van der Waals surface area contributed by atoms with Gasteiger partial charge in [0.05, 0.1) is 11.6 Å². The number of hydrogen-bond acceptors (Lipinski definition) is 6. The van der Waals surface area contributed by atoms with Crippen LogP contribution >= 0.6 is 23.2 Å². The third-order valence-corrected chi connectivity index (χ3v) is 4.57. The topological polar surface area (TPSA) is 108 Å². The molecule has 148 valence electrons. The molecule has 3 rings (SSSR count). The molecule has 0 saturated carbocycles. The van der Waals surface area contributed by atoms with E-state index in [1.165, 1.54) is 0 Å². The molecule has 1 amide bonds. The number of aliphatic hydroxyl groups is 2. The molecule has 1 aromatic heterocycles. The lowest BCUT2D eigenvalue weighted by molar-refractivity contribution is -0.111. The Morgan fingerprint density at radius 1 is 1.21 bits per heavy atom. The average molecular weight is 432 g/mol. The van der Waals surface area contributed by atoms with Gasteiger partial charge in [-0.2, -0.15) is 0 Å². The van der Waals surface area contributed by atoms with Gasteiger partial charge in [0, 0.05) is 27.8 Å². The highest BCUT2D eigenvalue weighted by Crippen LogP contribution is 2.26. The highest BCUT2D eigenvalue weighted by atomic mass is 35.5. The molecule has 0 aliphatic carbocycles. The fourth-order valence-electron chi connectivity index (χ4n) is 2.27. The molecular formula is C20H15Cl2N3O4. The maximum atomic E-state index is 12.0. The minimum Gasteiger partial charge on any atom is -0.418 e. The van der Waals surface area contributed by atoms with E-state index in [0.29, 0.717) is 21.8 Å². The normalized spacial score (nSPS) is 11.5. The number of nitrogens with zero attached hydrogens (tertiary/aromatic N) is 2. The van der Waals surface area contributed by atoms with Crippen molar-refractivity contribution >= 4 is 34.8 Å². The van der Waals surface area contributed by atoms with Crippen LogP contribution in [0, 0.1) is 18.8 Å². The quantitative estimate of drug-likeness (QED) is 0.546. The highest BCUT2D eigenvalue weighted by Gasteiger charge is 2.16. The van der Waals surface area contributed by atoms with Crippen molar-refractivity contribution in [3.8, 4) is 23.3 Å². The molecular weight excluding hydrogens is 417 g/mol. The second kappa shape index (κ2) is 9.07. The molecule has 0 saturated heterocycles. The zero-order valence-electron chi connectivity index (χ0n) is 15.1. The Bertz CT molecular complexity index is 1120. The third-order valence-electron chi connectivity index (χ3n) is 3.86. The second-order valence-corrected chi connectivity index (χ2v) is 6.82. The van der Waals surface area contributed by atoms with Gasteiger partial charge in [-0.15, -0.1) is 10.2 Å². The van der Waals surface area contributed by atoms with Gasteiger partial charge in [-0.3, -0.25) is 4.79 Å². The van der Waals surface area contributed by atoms with Gasteiger partial charge in [-0.1, -0.05) is 35.2 Å². The fraction of sp³-hybridized carbons (Fsp3) is 0.150. The van der Waals surface area contributed by atoms with Crippen LogP contribution in [0.5, 0.6) is 0 Å². The van der Waals surface area contributed by atoms with E-state index in [2.05, 4.69) is 27.4 Å². The lowest BCUT2D eigenvalue weighted by Gasteiger charge is -2.03. The second-order valence-electron chi connectivity index (χ2n) is 6.01. The van der Waals surface area contributed by atoms with Crippen molar-refractivity contribution in [1.29, 1.82) is 0 Å². The Kier molecular flexibility index (Phi) is 6.52. The largest absolute Gasteiger partial charge is 0.418 e. The van der Waals surface area contributed by atoms with Crippen LogP contribution in [0.15, 0.2) is 40.8 Å². The first kappa shape index (κ1) is 20.8. The van der Waals surface area contributed by atoms with Crippen molar-refractivity contribution in [2.24, 2.45) is 0 Å². The maximum Gasteiger partial charge on any atom is 0.300 e. The van der Waals surface area contributed by atoms with Crippen molar-refractivity contribution in [1.82, 2.24) is 10.2 Å². The Morgan fingerprint density at radius 2 is 2.00 bits per heavy atom. The van der Waals surface area contributed by atoms with E-state index in [1.54, 1.807) is 36.4 Å². The van der Waals surface area contributed by atoms with E-state index in [1.807, 2.05) is 6.92 Å². The van der Waals surface area contributed by atoms with E-state index in [0.717, 1.165) is 5.56 Å². The summed E-state index contributed by atoms with van der Waals surface area (Å²) >= 11 is 12.3. The summed E-state index contributed by atoms with van der Waals surface area (Å²) in [6.45, 7) is 1.33. The summed E-state index contributed by atoms with van der Waals surface area (Å²) in [4.78, 5) is 12.0. The van der Waals surface area contributed by atoms with Gasteiger partial charge >= 0.3 is 5.91 Å². The molecule has 29 heavy (non-hydrogen) atoms. The molecule has 1 heterocycles. The first-order valence-electron chi connectivity index (χ1n) is 8.38. The maximum absolute atomic E-state index is 12.0. The van der Waals surface area contributed by atoms with E-state index in [9.17, 15) is 9.90 Å². The van der Waals surface area contributed by atoms with Crippen molar-refractivity contribution in [2.45, 2.75) is 13.0 Å². The van der Waals surface area contributed by atoms with Crippen LogP contribution in [0.4, 0.5) is 5.69 Å². The van der Waals surface area contributed by atoms with Gasteiger partial charge < -0.3 is 19.9 Å². The molecule has 0 radical (unpaired) electrons. The Balaban J connectivity index is 1.73. The van der Waals surface area contributed by atoms with Gasteiger partial charge in [-0.05, 0) is 42.8 Å². The predicted octanol–water partition coefficient (Wildman–Crippen LogP) is 3.37. The number of aromatic nitrogens is 2. The van der Waals surface area contributed by atoms with Crippen LogP contribution in [-0.4, -0.2) is 32.9 Å². The van der Waals surface area contributed by atoms with Gasteiger partial charge in [0.1, 0.15) is 0 Å². The summed E-state index contributed by atoms with van der Waals surface area (Å²) in [7, 11) is 0. The lowest BCUT2D eigenvalue weighted by Crippen LogP contribution is -2.08.